The van der Waals surface area contributed by atoms with E-state index in [9.17, 15) is 13.6 Å². The summed E-state index contributed by atoms with van der Waals surface area (Å²) >= 11 is 0.454. The topological polar surface area (TPSA) is 26.3 Å². The van der Waals surface area contributed by atoms with Gasteiger partial charge in [0.15, 0.2) is 5.16 Å². The van der Waals surface area contributed by atoms with E-state index in [1.807, 2.05) is 30.3 Å². The summed E-state index contributed by atoms with van der Waals surface area (Å²) in [6, 6.07) is 12.8. The molecule has 0 amide bonds. The number of hydrogen-bond donors (Lipinski definition) is 0. The van der Waals surface area contributed by atoms with Crippen LogP contribution >= 0.6 is 11.8 Å². The van der Waals surface area contributed by atoms with Crippen molar-refractivity contribution in [3.05, 3.63) is 54.0 Å². The largest absolute Gasteiger partial charge is 0.425 e. The molecular formula is C14H10F2O2S. The van der Waals surface area contributed by atoms with Gasteiger partial charge in [0, 0.05) is 5.39 Å². The van der Waals surface area contributed by atoms with Gasteiger partial charge in [-0.05, 0) is 11.5 Å². The number of rotatable bonds is 4. The lowest BCUT2D eigenvalue weighted by Gasteiger charge is -2.07. The molecule has 0 aliphatic heterocycles. The number of halogens is 2. The first-order chi connectivity index (χ1) is 9.20. The highest BCUT2D eigenvalue weighted by molar-refractivity contribution is 8.03. The van der Waals surface area contributed by atoms with Gasteiger partial charge in [-0.3, -0.25) is 4.79 Å². The Kier molecular flexibility index (Phi) is 4.52. The Bertz CT molecular complexity index is 620. The minimum Gasteiger partial charge on any atom is -0.425 e. The van der Waals surface area contributed by atoms with E-state index >= 15 is 0 Å². The van der Waals surface area contributed by atoms with Crippen LogP contribution in [0.4, 0.5) is 8.78 Å². The van der Waals surface area contributed by atoms with Crippen molar-refractivity contribution in [1.29, 1.82) is 0 Å². The summed E-state index contributed by atoms with van der Waals surface area (Å²) < 4.78 is 29.4. The summed E-state index contributed by atoms with van der Waals surface area (Å²) in [6.45, 7) is 0. The normalized spacial score (nSPS) is 11.6. The van der Waals surface area contributed by atoms with Crippen LogP contribution < -0.4 is 4.74 Å². The lowest BCUT2D eigenvalue weighted by Crippen LogP contribution is -2.10. The molecule has 2 aromatic rings. The highest BCUT2D eigenvalue weighted by Crippen LogP contribution is 2.26. The third-order valence-corrected chi connectivity index (χ3v) is 3.13. The molecule has 0 saturated carbocycles. The second-order valence-corrected chi connectivity index (χ2v) is 4.62. The molecule has 19 heavy (non-hydrogen) atoms. The lowest BCUT2D eigenvalue weighted by atomic mass is 10.1. The molecule has 0 N–H and O–H groups in total. The van der Waals surface area contributed by atoms with Crippen LogP contribution in [-0.2, 0) is 4.79 Å². The Morgan fingerprint density at radius 3 is 2.74 bits per heavy atom. The number of carbonyl (C=O) groups is 1. The van der Waals surface area contributed by atoms with E-state index in [1.54, 1.807) is 12.1 Å². The summed E-state index contributed by atoms with van der Waals surface area (Å²) in [4.78, 5) is 11.5. The number of benzene rings is 2. The monoisotopic (exact) mass is 280 g/mol. The van der Waals surface area contributed by atoms with Crippen LogP contribution in [0.2, 0.25) is 0 Å². The van der Waals surface area contributed by atoms with Crippen LogP contribution in [0.5, 0.6) is 5.75 Å². The molecule has 2 nitrogen and oxygen atoms in total. The van der Waals surface area contributed by atoms with Crippen molar-refractivity contribution in [2.45, 2.75) is 0 Å². The molecule has 98 valence electrons. The number of ether oxygens (including phenoxy) is 1. The minimum absolute atomic E-state index is 0.185. The summed E-state index contributed by atoms with van der Waals surface area (Å²) in [5.74, 6) is -0.498. The summed E-state index contributed by atoms with van der Waals surface area (Å²) in [5.41, 5.74) is 0. The molecule has 0 aromatic heterocycles. The smallest absolute Gasteiger partial charge is 0.321 e. The predicted octanol–water partition coefficient (Wildman–Crippen LogP) is 4.22. The average Bonchev–Trinajstić information content (AvgIpc) is 2.45. The fourth-order valence-electron chi connectivity index (χ4n) is 1.60. The quantitative estimate of drug-likeness (QED) is 0.619. The van der Waals surface area contributed by atoms with E-state index in [4.69, 9.17) is 4.74 Å². The Morgan fingerprint density at radius 1 is 1.21 bits per heavy atom. The van der Waals surface area contributed by atoms with E-state index in [0.717, 1.165) is 10.8 Å². The molecule has 0 spiro atoms. The molecule has 2 rings (SSSR count). The van der Waals surface area contributed by atoms with E-state index < -0.39 is 11.1 Å². The van der Waals surface area contributed by atoms with Gasteiger partial charge in [-0.2, -0.15) is 4.39 Å². The summed E-state index contributed by atoms with van der Waals surface area (Å²) in [5, 5.41) is 0.690. The average molecular weight is 280 g/mol. The van der Waals surface area contributed by atoms with Crippen LogP contribution in [0.3, 0.4) is 0 Å². The first kappa shape index (κ1) is 13.5. The van der Waals surface area contributed by atoms with Crippen molar-refractivity contribution in [3.8, 4) is 5.75 Å². The number of hydrogen-bond acceptors (Lipinski definition) is 3. The van der Waals surface area contributed by atoms with E-state index in [-0.39, 0.29) is 12.1 Å². The number of thioether (sulfide) groups is 1. The van der Waals surface area contributed by atoms with Gasteiger partial charge in [-0.15, -0.1) is 0 Å². The van der Waals surface area contributed by atoms with Gasteiger partial charge in [-0.1, -0.05) is 48.2 Å². The molecule has 0 aliphatic rings. The van der Waals surface area contributed by atoms with Gasteiger partial charge < -0.3 is 4.74 Å². The van der Waals surface area contributed by atoms with E-state index in [1.165, 1.54) is 0 Å². The Balaban J connectivity index is 2.11. The molecule has 0 radical (unpaired) electrons. The number of esters is 1. The van der Waals surface area contributed by atoms with Crippen LogP contribution in [-0.4, -0.2) is 11.7 Å². The molecular weight excluding hydrogens is 270 g/mol. The van der Waals surface area contributed by atoms with Gasteiger partial charge >= 0.3 is 5.97 Å². The molecule has 0 bridgehead atoms. The Hall–Kier alpha value is -1.88. The molecule has 5 heteroatoms. The van der Waals surface area contributed by atoms with Crippen molar-refractivity contribution in [2.24, 2.45) is 0 Å². The Morgan fingerprint density at radius 2 is 1.95 bits per heavy atom. The predicted molar refractivity (Wildman–Crippen MR) is 72.3 cm³/mol. The molecule has 0 aliphatic carbocycles. The van der Waals surface area contributed by atoms with Crippen molar-refractivity contribution >= 4 is 28.5 Å². The number of carbonyl (C=O) groups excluding carboxylic acids is 1. The van der Waals surface area contributed by atoms with Crippen molar-refractivity contribution in [3.63, 3.8) is 0 Å². The molecule has 0 saturated heterocycles. The van der Waals surface area contributed by atoms with Crippen LogP contribution in [0, 0.1) is 0 Å². The zero-order valence-corrected chi connectivity index (χ0v) is 10.6. The van der Waals surface area contributed by atoms with Crippen molar-refractivity contribution in [1.82, 2.24) is 0 Å². The first-order valence-electron chi connectivity index (χ1n) is 5.48. The third kappa shape index (κ3) is 3.54. The zero-order valence-electron chi connectivity index (χ0n) is 9.81. The maximum Gasteiger partial charge on any atom is 0.321 e. The zero-order chi connectivity index (χ0) is 13.7. The summed E-state index contributed by atoms with van der Waals surface area (Å²) in [7, 11) is 0. The second-order valence-electron chi connectivity index (χ2n) is 3.65. The molecule has 0 fully saturated rings. The van der Waals surface area contributed by atoms with Gasteiger partial charge in [0.05, 0.1) is 5.75 Å². The van der Waals surface area contributed by atoms with Gasteiger partial charge in [0.25, 0.3) is 0 Å². The maximum atomic E-state index is 12.5. The molecule has 2 aromatic carbocycles. The van der Waals surface area contributed by atoms with Gasteiger partial charge in [0.2, 0.25) is 0 Å². The maximum absolute atomic E-state index is 12.5. The highest BCUT2D eigenvalue weighted by Gasteiger charge is 2.09. The minimum atomic E-state index is -1.05. The number of fused-ring (bicyclic) bond motifs is 1. The highest BCUT2D eigenvalue weighted by atomic mass is 32.2. The third-order valence-electron chi connectivity index (χ3n) is 2.39. The van der Waals surface area contributed by atoms with Crippen LogP contribution in [0.25, 0.3) is 10.8 Å². The van der Waals surface area contributed by atoms with Crippen LogP contribution in [0.1, 0.15) is 0 Å². The first-order valence-corrected chi connectivity index (χ1v) is 6.46. The Labute approximate surface area is 113 Å². The van der Waals surface area contributed by atoms with E-state index in [2.05, 4.69) is 0 Å². The van der Waals surface area contributed by atoms with Gasteiger partial charge in [-0.25, -0.2) is 4.39 Å². The lowest BCUT2D eigenvalue weighted by molar-refractivity contribution is -0.131. The standard InChI is InChI=1S/C14H10F2O2S/c15-8-13(16)19-9-14(17)18-12-7-3-5-10-4-1-2-6-11(10)12/h1-8H,9H2/b13-8+. The van der Waals surface area contributed by atoms with Gasteiger partial charge in [0.1, 0.15) is 12.1 Å². The fourth-order valence-corrected chi connectivity index (χ4v) is 1.97. The SMILES string of the molecule is O=C(CS/C(F)=C/F)Oc1cccc2ccccc12. The van der Waals surface area contributed by atoms with Crippen molar-refractivity contribution < 1.29 is 18.3 Å². The van der Waals surface area contributed by atoms with Crippen molar-refractivity contribution in [2.75, 3.05) is 5.75 Å². The van der Waals surface area contributed by atoms with E-state index in [0.29, 0.717) is 17.5 Å². The summed E-state index contributed by atoms with van der Waals surface area (Å²) in [6.07, 6.45) is -0.185. The molecule has 0 unspecified atom stereocenters. The second kappa shape index (κ2) is 6.33. The molecule has 0 atom stereocenters. The van der Waals surface area contributed by atoms with Crippen LogP contribution in [0.15, 0.2) is 54.0 Å². The fraction of sp³-hybridized carbons (Fsp3) is 0.0714. The molecule has 0 heterocycles.